The van der Waals surface area contributed by atoms with Crippen LogP contribution in [0.5, 0.6) is 11.5 Å². The van der Waals surface area contributed by atoms with Gasteiger partial charge in [-0.1, -0.05) is 18.2 Å². The molecule has 7 nitrogen and oxygen atoms in total. The molecule has 1 unspecified atom stereocenters. The molecule has 0 N–H and O–H groups in total. The summed E-state index contributed by atoms with van der Waals surface area (Å²) in [5.41, 5.74) is 1.40. The van der Waals surface area contributed by atoms with Crippen molar-refractivity contribution in [1.82, 2.24) is 14.3 Å². The predicted octanol–water partition coefficient (Wildman–Crippen LogP) is 3.64. The number of piperazine rings is 1. The fraction of sp³-hybridized carbons (Fsp3) is 0.348. The lowest BCUT2D eigenvalue weighted by atomic mass is 10.1. The number of amides is 1. The van der Waals surface area contributed by atoms with E-state index in [1.165, 1.54) is 23.7 Å². The van der Waals surface area contributed by atoms with Crippen molar-refractivity contribution < 1.29 is 18.7 Å². The van der Waals surface area contributed by atoms with Gasteiger partial charge in [-0.25, -0.2) is 9.37 Å². The van der Waals surface area contributed by atoms with Crippen LogP contribution in [0.15, 0.2) is 42.5 Å². The minimum Gasteiger partial charge on any atom is -0.496 e. The summed E-state index contributed by atoms with van der Waals surface area (Å²) < 4.78 is 28.4. The van der Waals surface area contributed by atoms with E-state index in [2.05, 4.69) is 14.3 Å². The van der Waals surface area contributed by atoms with E-state index in [0.29, 0.717) is 48.9 Å². The van der Waals surface area contributed by atoms with Crippen molar-refractivity contribution in [3.63, 3.8) is 0 Å². The maximum absolute atomic E-state index is 13.3. The van der Waals surface area contributed by atoms with Crippen molar-refractivity contribution in [3.8, 4) is 11.5 Å². The van der Waals surface area contributed by atoms with Crippen LogP contribution in [0, 0.1) is 5.82 Å². The summed E-state index contributed by atoms with van der Waals surface area (Å²) in [6.45, 7) is 3.87. The Labute approximate surface area is 190 Å². The Morgan fingerprint density at radius 3 is 2.44 bits per heavy atom. The van der Waals surface area contributed by atoms with Crippen molar-refractivity contribution >= 4 is 22.6 Å². The molecule has 0 bridgehead atoms. The molecule has 0 radical (unpaired) electrons. The predicted molar refractivity (Wildman–Crippen MR) is 121 cm³/mol. The van der Waals surface area contributed by atoms with Gasteiger partial charge in [-0.2, -0.15) is 4.37 Å². The summed E-state index contributed by atoms with van der Waals surface area (Å²) in [5.74, 6) is 1.34. The third kappa shape index (κ3) is 4.52. The lowest BCUT2D eigenvalue weighted by Gasteiger charge is -2.39. The number of aromatic nitrogens is 2. The fourth-order valence-corrected chi connectivity index (χ4v) is 4.59. The molecule has 0 spiro atoms. The molecule has 32 heavy (non-hydrogen) atoms. The maximum atomic E-state index is 13.3. The highest BCUT2D eigenvalue weighted by Gasteiger charge is 2.32. The summed E-state index contributed by atoms with van der Waals surface area (Å²) in [6, 6.07) is 11.7. The zero-order valence-corrected chi connectivity index (χ0v) is 19.1. The molecule has 0 saturated carbocycles. The minimum absolute atomic E-state index is 0.0321. The molecule has 1 amide bonds. The van der Waals surface area contributed by atoms with Crippen LogP contribution in [0.4, 0.5) is 9.52 Å². The van der Waals surface area contributed by atoms with Crippen molar-refractivity contribution in [3.05, 3.63) is 65.2 Å². The fourth-order valence-electron chi connectivity index (χ4n) is 3.87. The number of benzene rings is 2. The smallest absolute Gasteiger partial charge is 0.261 e. The van der Waals surface area contributed by atoms with E-state index in [-0.39, 0.29) is 17.8 Å². The molecule has 0 aliphatic carbocycles. The van der Waals surface area contributed by atoms with E-state index in [1.807, 2.05) is 11.8 Å². The van der Waals surface area contributed by atoms with E-state index in [1.54, 1.807) is 44.6 Å². The first-order valence-electron chi connectivity index (χ1n) is 10.3. The molecule has 2 aromatic carbocycles. The van der Waals surface area contributed by atoms with Crippen LogP contribution in [-0.4, -0.2) is 60.1 Å². The number of hydrogen-bond donors (Lipinski definition) is 0. The van der Waals surface area contributed by atoms with Crippen LogP contribution in [0.3, 0.4) is 0 Å². The van der Waals surface area contributed by atoms with Crippen LogP contribution in [0.1, 0.15) is 28.7 Å². The Morgan fingerprint density at radius 1 is 1.12 bits per heavy atom. The SMILES string of the molecule is COc1cccc(OC)c1C(=O)N1CCN(c2nc(Cc3ccc(F)cc3)ns2)CC1C. The third-order valence-electron chi connectivity index (χ3n) is 5.53. The average molecular weight is 457 g/mol. The summed E-state index contributed by atoms with van der Waals surface area (Å²) >= 11 is 1.35. The Kier molecular flexibility index (Phi) is 6.55. The van der Waals surface area contributed by atoms with Crippen LogP contribution >= 0.6 is 11.5 Å². The van der Waals surface area contributed by atoms with Gasteiger partial charge in [0.2, 0.25) is 5.13 Å². The second-order valence-electron chi connectivity index (χ2n) is 7.63. The van der Waals surface area contributed by atoms with Gasteiger partial charge in [-0.3, -0.25) is 4.79 Å². The van der Waals surface area contributed by atoms with E-state index >= 15 is 0 Å². The molecule has 1 aliphatic heterocycles. The number of hydrogen-bond acceptors (Lipinski definition) is 7. The van der Waals surface area contributed by atoms with Crippen LogP contribution in [0.2, 0.25) is 0 Å². The lowest BCUT2D eigenvalue weighted by molar-refractivity contribution is 0.0667. The van der Waals surface area contributed by atoms with Gasteiger partial charge in [0.25, 0.3) is 5.91 Å². The van der Waals surface area contributed by atoms with Crippen molar-refractivity contribution in [2.24, 2.45) is 0 Å². The van der Waals surface area contributed by atoms with E-state index in [9.17, 15) is 9.18 Å². The number of methoxy groups -OCH3 is 2. The largest absolute Gasteiger partial charge is 0.496 e. The van der Waals surface area contributed by atoms with Gasteiger partial charge in [0.1, 0.15) is 28.7 Å². The normalized spacial score (nSPS) is 16.2. The van der Waals surface area contributed by atoms with E-state index < -0.39 is 0 Å². The molecule has 1 aromatic heterocycles. The van der Waals surface area contributed by atoms with Gasteiger partial charge in [0.15, 0.2) is 0 Å². The molecule has 2 heterocycles. The molecule has 168 valence electrons. The minimum atomic E-state index is -0.257. The summed E-state index contributed by atoms with van der Waals surface area (Å²) in [5, 5.41) is 0.830. The first kappa shape index (κ1) is 22.0. The molecular formula is C23H25FN4O3S. The first-order valence-corrected chi connectivity index (χ1v) is 11.1. The van der Waals surface area contributed by atoms with Crippen LogP contribution in [0.25, 0.3) is 0 Å². The number of carbonyl (C=O) groups is 1. The molecule has 3 aromatic rings. The number of carbonyl (C=O) groups excluding carboxylic acids is 1. The van der Waals surface area contributed by atoms with Crippen molar-refractivity contribution in [2.45, 2.75) is 19.4 Å². The molecule has 1 saturated heterocycles. The summed E-state index contributed by atoms with van der Waals surface area (Å²) in [7, 11) is 3.10. The topological polar surface area (TPSA) is 67.8 Å². The monoisotopic (exact) mass is 456 g/mol. The van der Waals surface area contributed by atoms with E-state index in [0.717, 1.165) is 10.7 Å². The van der Waals surface area contributed by atoms with Gasteiger partial charge in [-0.05, 0) is 36.8 Å². The zero-order chi connectivity index (χ0) is 22.7. The standard InChI is InChI=1S/C23H25FN4O3S/c1-15-14-27(23-25-20(26-32-23)13-16-7-9-17(24)10-8-16)11-12-28(15)22(29)21-18(30-2)5-4-6-19(21)31-3/h4-10,15H,11-14H2,1-3H3. The third-order valence-corrected chi connectivity index (χ3v) is 6.35. The number of anilines is 1. The Morgan fingerprint density at radius 2 is 1.81 bits per heavy atom. The van der Waals surface area contributed by atoms with Crippen LogP contribution in [-0.2, 0) is 6.42 Å². The Bertz CT molecular complexity index is 1070. The van der Waals surface area contributed by atoms with Gasteiger partial charge < -0.3 is 19.3 Å². The molecule has 1 fully saturated rings. The quantitative estimate of drug-likeness (QED) is 0.564. The molecule has 1 atom stereocenters. The number of rotatable bonds is 6. The number of halogens is 1. The molecule has 1 aliphatic rings. The summed E-state index contributed by atoms with van der Waals surface area (Å²) in [6.07, 6.45) is 0.554. The van der Waals surface area contributed by atoms with Crippen molar-refractivity contribution in [1.29, 1.82) is 0 Å². The van der Waals surface area contributed by atoms with Gasteiger partial charge in [0, 0.05) is 43.6 Å². The highest BCUT2D eigenvalue weighted by Crippen LogP contribution is 2.31. The second-order valence-corrected chi connectivity index (χ2v) is 8.36. The van der Waals surface area contributed by atoms with Crippen LogP contribution < -0.4 is 14.4 Å². The molecule has 4 rings (SSSR count). The summed E-state index contributed by atoms with van der Waals surface area (Å²) in [4.78, 5) is 22.0. The first-order chi connectivity index (χ1) is 15.5. The Balaban J connectivity index is 1.45. The second kappa shape index (κ2) is 9.52. The van der Waals surface area contributed by atoms with E-state index in [4.69, 9.17) is 9.47 Å². The Hall–Kier alpha value is -3.20. The maximum Gasteiger partial charge on any atom is 0.261 e. The highest BCUT2D eigenvalue weighted by atomic mass is 32.1. The number of nitrogens with zero attached hydrogens (tertiary/aromatic N) is 4. The average Bonchev–Trinajstić information content (AvgIpc) is 3.28. The zero-order valence-electron chi connectivity index (χ0n) is 18.2. The number of ether oxygens (including phenoxy) is 2. The van der Waals surface area contributed by atoms with Gasteiger partial charge in [0.05, 0.1) is 14.2 Å². The van der Waals surface area contributed by atoms with Gasteiger partial charge in [-0.15, -0.1) is 0 Å². The highest BCUT2D eigenvalue weighted by molar-refractivity contribution is 7.09. The van der Waals surface area contributed by atoms with Gasteiger partial charge >= 0.3 is 0 Å². The molecule has 9 heteroatoms. The lowest BCUT2D eigenvalue weighted by Crippen LogP contribution is -2.54. The van der Waals surface area contributed by atoms with Crippen molar-refractivity contribution in [2.75, 3.05) is 38.8 Å². The molecular weight excluding hydrogens is 431 g/mol.